The molecule has 0 bridgehead atoms. The number of aryl methyl sites for hydroxylation is 1. The van der Waals surface area contributed by atoms with Gasteiger partial charge in [-0.25, -0.2) is 10.9 Å². The Kier molecular flexibility index (Phi) is 3.96. The fourth-order valence-corrected chi connectivity index (χ4v) is 3.78. The normalized spacial score (nSPS) is 24.8. The largest absolute Gasteiger partial charge is 0.497 e. The van der Waals surface area contributed by atoms with Crippen LogP contribution in [0.15, 0.2) is 48.5 Å². The van der Waals surface area contributed by atoms with Gasteiger partial charge in [-0.1, -0.05) is 24.3 Å². The van der Waals surface area contributed by atoms with Gasteiger partial charge in [0.15, 0.2) is 0 Å². The molecular weight excluding hydrogens is 302 g/mol. The van der Waals surface area contributed by atoms with Crippen molar-refractivity contribution in [3.8, 4) is 5.75 Å². The first-order valence-corrected chi connectivity index (χ1v) is 8.30. The first-order chi connectivity index (χ1) is 11.8. The summed E-state index contributed by atoms with van der Waals surface area (Å²) in [5.74, 6) is 1.14. The summed E-state index contributed by atoms with van der Waals surface area (Å²) in [6.07, 6.45) is 1.93. The highest BCUT2D eigenvalue weighted by molar-refractivity contribution is 5.95. The van der Waals surface area contributed by atoms with Crippen LogP contribution in [0, 0.1) is 5.92 Å². The topological polar surface area (TPSA) is 62.4 Å². The molecule has 1 aliphatic carbocycles. The molecule has 24 heavy (non-hydrogen) atoms. The lowest BCUT2D eigenvalue weighted by Crippen LogP contribution is -2.42. The maximum Gasteiger partial charge on any atom is 0.243 e. The molecule has 2 aliphatic rings. The summed E-state index contributed by atoms with van der Waals surface area (Å²) < 4.78 is 5.32. The van der Waals surface area contributed by atoms with Gasteiger partial charge in [-0.2, -0.15) is 0 Å². The van der Waals surface area contributed by atoms with Crippen LogP contribution in [0.4, 0.5) is 5.69 Å². The fraction of sp³-hybridized carbons (Fsp3) is 0.316. The Bertz CT molecular complexity index is 748. The number of rotatable bonds is 3. The average molecular weight is 323 g/mol. The molecule has 0 radical (unpaired) electrons. The highest BCUT2D eigenvalue weighted by atomic mass is 16.5. The number of hydrogen-bond acceptors (Lipinski definition) is 4. The van der Waals surface area contributed by atoms with Crippen LogP contribution < -0.4 is 20.9 Å². The van der Waals surface area contributed by atoms with Crippen molar-refractivity contribution in [2.75, 3.05) is 12.4 Å². The van der Waals surface area contributed by atoms with Crippen LogP contribution in [-0.2, 0) is 11.2 Å². The zero-order valence-corrected chi connectivity index (χ0v) is 13.6. The Balaban J connectivity index is 1.52. The van der Waals surface area contributed by atoms with Gasteiger partial charge in [-0.05, 0) is 48.2 Å². The van der Waals surface area contributed by atoms with Gasteiger partial charge in [0, 0.05) is 11.6 Å². The van der Waals surface area contributed by atoms with Crippen LogP contribution >= 0.6 is 0 Å². The number of amides is 1. The number of fused-ring (bicyclic) bond motifs is 3. The number of hydrazine groups is 1. The second kappa shape index (κ2) is 6.26. The predicted octanol–water partition coefficient (Wildman–Crippen LogP) is 2.41. The summed E-state index contributed by atoms with van der Waals surface area (Å²) in [5.41, 5.74) is 9.90. The third-order valence-electron chi connectivity index (χ3n) is 5.01. The van der Waals surface area contributed by atoms with E-state index in [2.05, 4.69) is 28.3 Å². The Labute approximate surface area is 141 Å². The molecular formula is C19H21N3O2. The number of benzene rings is 2. The van der Waals surface area contributed by atoms with Crippen molar-refractivity contribution in [2.45, 2.75) is 24.9 Å². The van der Waals surface area contributed by atoms with Gasteiger partial charge in [0.05, 0.1) is 13.2 Å². The molecule has 1 saturated heterocycles. The molecule has 3 atom stereocenters. The summed E-state index contributed by atoms with van der Waals surface area (Å²) in [6.45, 7) is 0. The number of nitrogens with one attached hydrogen (secondary N) is 3. The van der Waals surface area contributed by atoms with Crippen LogP contribution in [0.5, 0.6) is 5.75 Å². The molecule has 124 valence electrons. The van der Waals surface area contributed by atoms with Crippen molar-refractivity contribution in [1.82, 2.24) is 10.9 Å². The minimum absolute atomic E-state index is 0.0122. The Morgan fingerprint density at radius 1 is 1.17 bits per heavy atom. The average Bonchev–Trinajstić information content (AvgIpc) is 3.06. The molecule has 5 nitrogen and oxygen atoms in total. The second-order valence-corrected chi connectivity index (χ2v) is 6.37. The summed E-state index contributed by atoms with van der Waals surface area (Å²) in [6, 6.07) is 15.7. The number of ether oxygens (including phenoxy) is 1. The van der Waals surface area contributed by atoms with E-state index in [1.54, 1.807) is 7.11 Å². The van der Waals surface area contributed by atoms with Crippen molar-refractivity contribution < 1.29 is 9.53 Å². The lowest BCUT2D eigenvalue weighted by molar-refractivity contribution is -0.118. The van der Waals surface area contributed by atoms with E-state index >= 15 is 0 Å². The van der Waals surface area contributed by atoms with E-state index in [0.717, 1.165) is 24.3 Å². The number of carbonyl (C=O) groups excluding carboxylic acids is 1. The number of carbonyl (C=O) groups is 1. The lowest BCUT2D eigenvalue weighted by Gasteiger charge is -2.29. The van der Waals surface area contributed by atoms with E-state index < -0.39 is 0 Å². The van der Waals surface area contributed by atoms with Gasteiger partial charge < -0.3 is 10.1 Å². The monoisotopic (exact) mass is 323 g/mol. The molecule has 2 aromatic rings. The SMILES string of the molecule is COc1ccc2c(c1)CCC1C(C(=O)Nc3ccccc3)NNC21. The summed E-state index contributed by atoms with van der Waals surface area (Å²) >= 11 is 0. The van der Waals surface area contributed by atoms with Crippen LogP contribution in [0.25, 0.3) is 0 Å². The van der Waals surface area contributed by atoms with E-state index in [-0.39, 0.29) is 23.9 Å². The van der Waals surface area contributed by atoms with E-state index in [1.165, 1.54) is 11.1 Å². The quantitative estimate of drug-likeness (QED) is 0.812. The molecule has 1 fully saturated rings. The number of methoxy groups -OCH3 is 1. The first kappa shape index (κ1) is 15.2. The minimum atomic E-state index is -0.231. The number of anilines is 1. The van der Waals surface area contributed by atoms with Crippen LogP contribution in [-0.4, -0.2) is 19.1 Å². The van der Waals surface area contributed by atoms with E-state index in [1.807, 2.05) is 36.4 Å². The van der Waals surface area contributed by atoms with Gasteiger partial charge in [0.1, 0.15) is 11.8 Å². The Morgan fingerprint density at radius 2 is 2.00 bits per heavy atom. The van der Waals surface area contributed by atoms with Gasteiger partial charge in [-0.3, -0.25) is 4.79 Å². The maximum atomic E-state index is 12.6. The van der Waals surface area contributed by atoms with Crippen molar-refractivity contribution in [1.29, 1.82) is 0 Å². The standard InChI is InChI=1S/C19H21N3O2/c1-24-14-8-10-15-12(11-14)7-9-16-17(15)21-22-18(16)19(23)20-13-5-3-2-4-6-13/h2-6,8,10-11,16-18,21-22H,7,9H2,1H3,(H,20,23). The molecule has 3 N–H and O–H groups in total. The smallest absolute Gasteiger partial charge is 0.243 e. The third kappa shape index (κ3) is 2.66. The highest BCUT2D eigenvalue weighted by Crippen LogP contribution is 2.40. The molecule has 1 heterocycles. The lowest BCUT2D eigenvalue weighted by atomic mass is 9.77. The van der Waals surface area contributed by atoms with Gasteiger partial charge in [0.2, 0.25) is 5.91 Å². The summed E-state index contributed by atoms with van der Waals surface area (Å²) in [7, 11) is 1.69. The van der Waals surface area contributed by atoms with Crippen LogP contribution in [0.1, 0.15) is 23.6 Å². The van der Waals surface area contributed by atoms with E-state index in [9.17, 15) is 4.79 Å². The van der Waals surface area contributed by atoms with E-state index in [4.69, 9.17) is 4.74 Å². The van der Waals surface area contributed by atoms with Crippen molar-refractivity contribution in [2.24, 2.45) is 5.92 Å². The van der Waals surface area contributed by atoms with Gasteiger partial charge in [0.25, 0.3) is 0 Å². The molecule has 5 heteroatoms. The van der Waals surface area contributed by atoms with E-state index in [0.29, 0.717) is 0 Å². The molecule has 0 spiro atoms. The molecule has 2 aromatic carbocycles. The Hall–Kier alpha value is -2.37. The molecule has 1 aliphatic heterocycles. The number of para-hydroxylation sites is 1. The first-order valence-electron chi connectivity index (χ1n) is 8.30. The molecule has 3 unspecified atom stereocenters. The molecule has 0 saturated carbocycles. The zero-order valence-electron chi connectivity index (χ0n) is 13.6. The fourth-order valence-electron chi connectivity index (χ4n) is 3.78. The van der Waals surface area contributed by atoms with Gasteiger partial charge >= 0.3 is 0 Å². The van der Waals surface area contributed by atoms with Crippen LogP contribution in [0.2, 0.25) is 0 Å². The zero-order chi connectivity index (χ0) is 16.5. The molecule has 1 amide bonds. The molecule has 0 aromatic heterocycles. The Morgan fingerprint density at radius 3 is 2.79 bits per heavy atom. The predicted molar refractivity (Wildman–Crippen MR) is 92.7 cm³/mol. The molecule has 4 rings (SSSR count). The van der Waals surface area contributed by atoms with Gasteiger partial charge in [-0.15, -0.1) is 0 Å². The maximum absolute atomic E-state index is 12.6. The number of hydrogen-bond donors (Lipinski definition) is 3. The highest BCUT2D eigenvalue weighted by Gasteiger charge is 2.43. The van der Waals surface area contributed by atoms with Crippen molar-refractivity contribution >= 4 is 11.6 Å². The van der Waals surface area contributed by atoms with Crippen molar-refractivity contribution in [3.05, 3.63) is 59.7 Å². The van der Waals surface area contributed by atoms with Crippen molar-refractivity contribution in [3.63, 3.8) is 0 Å². The minimum Gasteiger partial charge on any atom is -0.497 e. The van der Waals surface area contributed by atoms with Crippen LogP contribution in [0.3, 0.4) is 0 Å². The summed E-state index contributed by atoms with van der Waals surface area (Å²) in [5, 5.41) is 3.00. The third-order valence-corrected chi connectivity index (χ3v) is 5.01. The second-order valence-electron chi connectivity index (χ2n) is 6.37. The summed E-state index contributed by atoms with van der Waals surface area (Å²) in [4.78, 5) is 12.6.